The lowest BCUT2D eigenvalue weighted by atomic mass is 9.67. The molecule has 0 saturated heterocycles. The first-order valence-electron chi connectivity index (χ1n) is 6.34. The molecule has 2 atom stereocenters. The SMILES string of the molecule is COCCC(C)C(N)C1(C)CCCCC1. The fraction of sp³-hybridized carbons (Fsp3) is 1.00. The van der Waals surface area contributed by atoms with E-state index in [-0.39, 0.29) is 0 Å². The third kappa shape index (κ3) is 3.46. The first-order valence-corrected chi connectivity index (χ1v) is 6.34. The van der Waals surface area contributed by atoms with Crippen molar-refractivity contribution in [2.24, 2.45) is 17.1 Å². The standard InChI is InChI=1S/C13H27NO/c1-11(7-10-15-3)12(14)13(2)8-5-4-6-9-13/h11-12H,4-10,14H2,1-3H3. The van der Waals surface area contributed by atoms with E-state index in [4.69, 9.17) is 10.5 Å². The second-order valence-corrected chi connectivity index (χ2v) is 5.50. The van der Waals surface area contributed by atoms with Crippen molar-refractivity contribution < 1.29 is 4.74 Å². The Hall–Kier alpha value is -0.0800. The van der Waals surface area contributed by atoms with Gasteiger partial charge in [0.05, 0.1) is 0 Å². The quantitative estimate of drug-likeness (QED) is 0.762. The van der Waals surface area contributed by atoms with Gasteiger partial charge in [0.1, 0.15) is 0 Å². The van der Waals surface area contributed by atoms with E-state index in [9.17, 15) is 0 Å². The van der Waals surface area contributed by atoms with Crippen LogP contribution >= 0.6 is 0 Å². The zero-order chi connectivity index (χ0) is 11.3. The smallest absolute Gasteiger partial charge is 0.0465 e. The number of rotatable bonds is 5. The highest BCUT2D eigenvalue weighted by Gasteiger charge is 2.35. The van der Waals surface area contributed by atoms with E-state index in [0.717, 1.165) is 13.0 Å². The van der Waals surface area contributed by atoms with E-state index < -0.39 is 0 Å². The van der Waals surface area contributed by atoms with E-state index in [1.807, 2.05) is 0 Å². The Kier molecular flexibility index (Phi) is 5.07. The van der Waals surface area contributed by atoms with Gasteiger partial charge < -0.3 is 10.5 Å². The second-order valence-electron chi connectivity index (χ2n) is 5.50. The molecule has 1 rings (SSSR count). The van der Waals surface area contributed by atoms with Crippen molar-refractivity contribution >= 4 is 0 Å². The Labute approximate surface area is 94.6 Å². The molecule has 0 radical (unpaired) electrons. The van der Waals surface area contributed by atoms with Gasteiger partial charge in [-0.3, -0.25) is 0 Å². The molecule has 2 unspecified atom stereocenters. The molecule has 0 amide bonds. The summed E-state index contributed by atoms with van der Waals surface area (Å²) in [5.74, 6) is 0.577. The highest BCUT2D eigenvalue weighted by molar-refractivity contribution is 4.90. The summed E-state index contributed by atoms with van der Waals surface area (Å²) < 4.78 is 5.13. The molecule has 0 heterocycles. The van der Waals surface area contributed by atoms with E-state index >= 15 is 0 Å². The third-order valence-electron chi connectivity index (χ3n) is 4.19. The fourth-order valence-corrected chi connectivity index (χ4v) is 2.86. The van der Waals surface area contributed by atoms with Crippen molar-refractivity contribution in [3.8, 4) is 0 Å². The maximum atomic E-state index is 6.41. The van der Waals surface area contributed by atoms with Gasteiger partial charge in [-0.2, -0.15) is 0 Å². The summed E-state index contributed by atoms with van der Waals surface area (Å²) in [6, 6.07) is 0.341. The summed E-state index contributed by atoms with van der Waals surface area (Å²) in [7, 11) is 1.76. The second kappa shape index (κ2) is 5.86. The minimum absolute atomic E-state index is 0.341. The highest BCUT2D eigenvalue weighted by Crippen LogP contribution is 2.40. The van der Waals surface area contributed by atoms with Crippen LogP contribution in [0.25, 0.3) is 0 Å². The predicted molar refractivity (Wildman–Crippen MR) is 64.8 cm³/mol. The predicted octanol–water partition coefficient (Wildman–Crippen LogP) is 2.96. The van der Waals surface area contributed by atoms with E-state index in [1.165, 1.54) is 32.1 Å². The molecule has 2 heteroatoms. The summed E-state index contributed by atoms with van der Waals surface area (Å²) in [5, 5.41) is 0. The molecule has 1 saturated carbocycles. The van der Waals surface area contributed by atoms with Gasteiger partial charge in [-0.25, -0.2) is 0 Å². The largest absolute Gasteiger partial charge is 0.385 e. The Morgan fingerprint density at radius 2 is 1.87 bits per heavy atom. The van der Waals surface area contributed by atoms with Crippen LogP contribution in [-0.2, 0) is 4.74 Å². The summed E-state index contributed by atoms with van der Waals surface area (Å²) in [4.78, 5) is 0. The molecule has 1 aliphatic rings. The van der Waals surface area contributed by atoms with Crippen LogP contribution in [0.4, 0.5) is 0 Å². The lowest BCUT2D eigenvalue weighted by Crippen LogP contribution is -2.45. The lowest BCUT2D eigenvalue weighted by Gasteiger charge is -2.41. The van der Waals surface area contributed by atoms with E-state index in [0.29, 0.717) is 17.4 Å². The average molecular weight is 213 g/mol. The van der Waals surface area contributed by atoms with Crippen LogP contribution in [0.15, 0.2) is 0 Å². The van der Waals surface area contributed by atoms with Crippen LogP contribution in [0.2, 0.25) is 0 Å². The van der Waals surface area contributed by atoms with Crippen LogP contribution < -0.4 is 5.73 Å². The Balaban J connectivity index is 2.45. The molecule has 0 spiro atoms. The fourth-order valence-electron chi connectivity index (χ4n) is 2.86. The summed E-state index contributed by atoms with van der Waals surface area (Å²) >= 11 is 0. The molecular weight excluding hydrogens is 186 g/mol. The lowest BCUT2D eigenvalue weighted by molar-refractivity contribution is 0.110. The molecule has 0 aliphatic heterocycles. The Morgan fingerprint density at radius 3 is 2.40 bits per heavy atom. The van der Waals surface area contributed by atoms with Gasteiger partial charge in [-0.1, -0.05) is 33.1 Å². The molecule has 1 fully saturated rings. The topological polar surface area (TPSA) is 35.2 Å². The van der Waals surface area contributed by atoms with Crippen LogP contribution in [0.5, 0.6) is 0 Å². The van der Waals surface area contributed by atoms with Crippen LogP contribution in [0.1, 0.15) is 52.4 Å². The summed E-state index contributed by atoms with van der Waals surface area (Å²) in [6.07, 6.45) is 7.83. The number of nitrogens with two attached hydrogens (primary N) is 1. The van der Waals surface area contributed by atoms with E-state index in [2.05, 4.69) is 13.8 Å². The number of hydrogen-bond donors (Lipinski definition) is 1. The van der Waals surface area contributed by atoms with Crippen LogP contribution in [0.3, 0.4) is 0 Å². The molecule has 90 valence electrons. The molecule has 1 aliphatic carbocycles. The van der Waals surface area contributed by atoms with Crippen LogP contribution in [-0.4, -0.2) is 19.8 Å². The van der Waals surface area contributed by atoms with Gasteiger partial charge in [0.15, 0.2) is 0 Å². The van der Waals surface area contributed by atoms with E-state index in [1.54, 1.807) is 7.11 Å². The monoisotopic (exact) mass is 213 g/mol. The zero-order valence-corrected chi connectivity index (χ0v) is 10.6. The minimum atomic E-state index is 0.341. The Morgan fingerprint density at radius 1 is 1.27 bits per heavy atom. The third-order valence-corrected chi connectivity index (χ3v) is 4.19. The molecule has 0 aromatic heterocycles. The highest BCUT2D eigenvalue weighted by atomic mass is 16.5. The Bertz CT molecular complexity index is 175. The molecule has 2 nitrogen and oxygen atoms in total. The maximum Gasteiger partial charge on any atom is 0.0465 e. The van der Waals surface area contributed by atoms with Crippen molar-refractivity contribution in [1.82, 2.24) is 0 Å². The number of methoxy groups -OCH3 is 1. The van der Waals surface area contributed by atoms with Gasteiger partial charge in [0.2, 0.25) is 0 Å². The van der Waals surface area contributed by atoms with Gasteiger partial charge in [-0.05, 0) is 30.6 Å². The summed E-state index contributed by atoms with van der Waals surface area (Å²) in [6.45, 7) is 5.48. The van der Waals surface area contributed by atoms with Crippen molar-refractivity contribution in [2.45, 2.75) is 58.4 Å². The minimum Gasteiger partial charge on any atom is -0.385 e. The first-order chi connectivity index (χ1) is 7.10. The molecule has 0 aromatic carbocycles. The molecule has 0 bridgehead atoms. The molecular formula is C13H27NO. The van der Waals surface area contributed by atoms with Gasteiger partial charge in [0, 0.05) is 19.8 Å². The maximum absolute atomic E-state index is 6.41. The normalized spacial score (nSPS) is 24.8. The van der Waals surface area contributed by atoms with Crippen LogP contribution in [0, 0.1) is 11.3 Å². The number of ether oxygens (including phenoxy) is 1. The van der Waals surface area contributed by atoms with Crippen molar-refractivity contribution in [2.75, 3.05) is 13.7 Å². The van der Waals surface area contributed by atoms with Crippen molar-refractivity contribution in [3.63, 3.8) is 0 Å². The van der Waals surface area contributed by atoms with Gasteiger partial charge in [0.25, 0.3) is 0 Å². The average Bonchev–Trinajstić information content (AvgIpc) is 2.26. The molecule has 2 N–H and O–H groups in total. The van der Waals surface area contributed by atoms with Gasteiger partial charge in [-0.15, -0.1) is 0 Å². The molecule has 0 aromatic rings. The van der Waals surface area contributed by atoms with Crippen molar-refractivity contribution in [1.29, 1.82) is 0 Å². The number of hydrogen-bond acceptors (Lipinski definition) is 2. The van der Waals surface area contributed by atoms with Gasteiger partial charge >= 0.3 is 0 Å². The first kappa shape index (κ1) is 13.0. The molecule has 15 heavy (non-hydrogen) atoms. The zero-order valence-electron chi connectivity index (χ0n) is 10.6. The summed E-state index contributed by atoms with van der Waals surface area (Å²) in [5.41, 5.74) is 6.79. The van der Waals surface area contributed by atoms with Crippen molar-refractivity contribution in [3.05, 3.63) is 0 Å².